The van der Waals surface area contributed by atoms with Gasteiger partial charge in [0, 0.05) is 9.26 Å². The highest BCUT2D eigenvalue weighted by Gasteiger charge is 2.14. The predicted octanol–water partition coefficient (Wildman–Crippen LogP) is 4.11. The summed E-state index contributed by atoms with van der Waals surface area (Å²) in [6.45, 7) is 0.234. The number of benzene rings is 2. The monoisotopic (exact) mass is 371 g/mol. The van der Waals surface area contributed by atoms with E-state index < -0.39 is 6.09 Å². The van der Waals surface area contributed by atoms with Gasteiger partial charge in [0.25, 0.3) is 0 Å². The van der Waals surface area contributed by atoms with Gasteiger partial charge in [-0.05, 0) is 64.6 Å². The van der Waals surface area contributed by atoms with Crippen LogP contribution in [0.4, 0.5) is 14.9 Å². The van der Waals surface area contributed by atoms with Gasteiger partial charge >= 0.3 is 6.09 Å². The van der Waals surface area contributed by atoms with Crippen molar-refractivity contribution in [3.63, 3.8) is 0 Å². The van der Waals surface area contributed by atoms with E-state index >= 15 is 0 Å². The number of amides is 1. The second-order valence-corrected chi connectivity index (χ2v) is 5.22. The Bertz CT molecular complexity index is 569. The van der Waals surface area contributed by atoms with E-state index in [4.69, 9.17) is 0 Å². The fraction of sp³-hybridized carbons (Fsp3) is 0.0714. The summed E-state index contributed by atoms with van der Waals surface area (Å²) in [5, 5.41) is 9.24. The summed E-state index contributed by atoms with van der Waals surface area (Å²) in [4.78, 5) is 12.5. The number of halogens is 2. The zero-order valence-electron chi connectivity index (χ0n) is 9.88. The van der Waals surface area contributed by atoms with Gasteiger partial charge in [-0.2, -0.15) is 0 Å². The van der Waals surface area contributed by atoms with Crippen molar-refractivity contribution in [1.29, 1.82) is 0 Å². The summed E-state index contributed by atoms with van der Waals surface area (Å²) in [6, 6.07) is 13.0. The first-order valence-corrected chi connectivity index (χ1v) is 6.64. The molecule has 0 radical (unpaired) electrons. The largest absolute Gasteiger partial charge is 0.465 e. The van der Waals surface area contributed by atoms with Crippen molar-refractivity contribution < 1.29 is 14.3 Å². The maximum atomic E-state index is 12.9. The van der Waals surface area contributed by atoms with Gasteiger partial charge in [-0.1, -0.05) is 12.1 Å². The van der Waals surface area contributed by atoms with Crippen LogP contribution in [0.1, 0.15) is 5.56 Å². The third-order valence-electron chi connectivity index (χ3n) is 2.62. The number of anilines is 1. The van der Waals surface area contributed by atoms with Crippen molar-refractivity contribution in [3.05, 3.63) is 63.5 Å². The first-order valence-electron chi connectivity index (χ1n) is 5.57. The van der Waals surface area contributed by atoms with E-state index in [0.29, 0.717) is 5.69 Å². The SMILES string of the molecule is O=C(O)N(Cc1ccc(I)cc1)c1ccc(F)cc1. The van der Waals surface area contributed by atoms with Crippen molar-refractivity contribution in [2.75, 3.05) is 4.90 Å². The van der Waals surface area contributed by atoms with E-state index in [-0.39, 0.29) is 12.4 Å². The minimum Gasteiger partial charge on any atom is -0.465 e. The molecule has 2 rings (SSSR count). The fourth-order valence-electron chi connectivity index (χ4n) is 1.66. The number of carboxylic acid groups (broad SMARTS) is 1. The molecule has 0 aliphatic carbocycles. The molecule has 3 nitrogen and oxygen atoms in total. The molecule has 0 aliphatic rings. The number of rotatable bonds is 3. The second kappa shape index (κ2) is 6.01. The highest BCUT2D eigenvalue weighted by atomic mass is 127. The van der Waals surface area contributed by atoms with Gasteiger partial charge in [-0.3, -0.25) is 4.90 Å². The molecule has 0 spiro atoms. The Kier molecular flexibility index (Phi) is 4.36. The molecule has 2 aromatic rings. The molecule has 5 heteroatoms. The van der Waals surface area contributed by atoms with Crippen LogP contribution in [-0.2, 0) is 6.54 Å². The number of carbonyl (C=O) groups is 1. The van der Waals surface area contributed by atoms with E-state index in [0.717, 1.165) is 9.13 Å². The molecule has 0 atom stereocenters. The van der Waals surface area contributed by atoms with Gasteiger partial charge in [0.05, 0.1) is 6.54 Å². The van der Waals surface area contributed by atoms with Crippen LogP contribution in [0.2, 0.25) is 0 Å². The number of hydrogen-bond donors (Lipinski definition) is 1. The lowest BCUT2D eigenvalue weighted by atomic mass is 10.2. The molecular formula is C14H11FINO2. The summed E-state index contributed by atoms with van der Waals surface area (Å²) in [7, 11) is 0. The Morgan fingerprint density at radius 1 is 1.11 bits per heavy atom. The lowest BCUT2D eigenvalue weighted by Crippen LogP contribution is -2.28. The number of nitrogens with zero attached hydrogens (tertiary/aromatic N) is 1. The van der Waals surface area contributed by atoms with Crippen molar-refractivity contribution in [2.24, 2.45) is 0 Å². The van der Waals surface area contributed by atoms with Crippen LogP contribution >= 0.6 is 22.6 Å². The van der Waals surface area contributed by atoms with Crippen molar-refractivity contribution in [1.82, 2.24) is 0 Å². The molecule has 0 fully saturated rings. The molecular weight excluding hydrogens is 360 g/mol. The fourth-order valence-corrected chi connectivity index (χ4v) is 2.02. The average Bonchev–Trinajstić information content (AvgIpc) is 2.39. The van der Waals surface area contributed by atoms with E-state index in [1.807, 2.05) is 24.3 Å². The van der Waals surface area contributed by atoms with Gasteiger partial charge in [-0.25, -0.2) is 9.18 Å². The van der Waals surface area contributed by atoms with Crippen LogP contribution in [0.15, 0.2) is 48.5 Å². The third-order valence-corrected chi connectivity index (χ3v) is 3.34. The maximum Gasteiger partial charge on any atom is 0.412 e. The summed E-state index contributed by atoms with van der Waals surface area (Å²) in [6.07, 6.45) is -1.06. The summed E-state index contributed by atoms with van der Waals surface area (Å²) < 4.78 is 13.9. The lowest BCUT2D eigenvalue weighted by molar-refractivity contribution is 0.201. The van der Waals surface area contributed by atoms with Crippen LogP contribution in [0.25, 0.3) is 0 Å². The highest BCUT2D eigenvalue weighted by Crippen LogP contribution is 2.18. The van der Waals surface area contributed by atoms with Gasteiger partial charge in [0.1, 0.15) is 5.82 Å². The standard InChI is InChI=1S/C14H11FINO2/c15-11-3-7-13(8-4-11)17(14(18)19)9-10-1-5-12(16)6-2-10/h1-8H,9H2,(H,18,19). The first-order chi connectivity index (χ1) is 9.06. The summed E-state index contributed by atoms with van der Waals surface area (Å²) >= 11 is 2.19. The lowest BCUT2D eigenvalue weighted by Gasteiger charge is -2.19. The Labute approximate surface area is 123 Å². The van der Waals surface area contributed by atoms with E-state index in [9.17, 15) is 14.3 Å². The summed E-state index contributed by atoms with van der Waals surface area (Å²) in [5.74, 6) is -0.386. The van der Waals surface area contributed by atoms with Crippen LogP contribution < -0.4 is 4.90 Å². The van der Waals surface area contributed by atoms with Gasteiger partial charge in [0.15, 0.2) is 0 Å². The van der Waals surface area contributed by atoms with E-state index in [1.54, 1.807) is 0 Å². The molecule has 0 saturated carbocycles. The predicted molar refractivity (Wildman–Crippen MR) is 79.8 cm³/mol. The van der Waals surface area contributed by atoms with Crippen LogP contribution in [0.5, 0.6) is 0 Å². The Balaban J connectivity index is 2.23. The molecule has 1 N–H and O–H groups in total. The van der Waals surface area contributed by atoms with Crippen LogP contribution in [0.3, 0.4) is 0 Å². The Hall–Kier alpha value is -1.63. The van der Waals surface area contributed by atoms with Crippen molar-refractivity contribution >= 4 is 34.4 Å². The van der Waals surface area contributed by atoms with Crippen molar-refractivity contribution in [3.8, 4) is 0 Å². The van der Waals surface area contributed by atoms with Crippen LogP contribution in [-0.4, -0.2) is 11.2 Å². The smallest absolute Gasteiger partial charge is 0.412 e. The van der Waals surface area contributed by atoms with E-state index in [1.165, 1.54) is 29.2 Å². The zero-order chi connectivity index (χ0) is 13.8. The minimum absolute atomic E-state index is 0.234. The van der Waals surface area contributed by atoms with Crippen molar-refractivity contribution in [2.45, 2.75) is 6.54 Å². The molecule has 0 heterocycles. The number of hydrogen-bond acceptors (Lipinski definition) is 1. The third kappa shape index (κ3) is 3.66. The molecule has 0 bridgehead atoms. The molecule has 0 saturated heterocycles. The molecule has 19 heavy (non-hydrogen) atoms. The molecule has 0 aromatic heterocycles. The maximum absolute atomic E-state index is 12.9. The summed E-state index contributed by atoms with van der Waals surface area (Å²) in [5.41, 5.74) is 1.33. The zero-order valence-corrected chi connectivity index (χ0v) is 12.0. The molecule has 98 valence electrons. The van der Waals surface area contributed by atoms with Gasteiger partial charge < -0.3 is 5.11 Å². The Morgan fingerprint density at radius 2 is 1.68 bits per heavy atom. The topological polar surface area (TPSA) is 40.5 Å². The normalized spacial score (nSPS) is 10.2. The molecule has 0 unspecified atom stereocenters. The molecule has 0 aliphatic heterocycles. The second-order valence-electron chi connectivity index (χ2n) is 3.97. The van der Waals surface area contributed by atoms with E-state index in [2.05, 4.69) is 22.6 Å². The quantitative estimate of drug-likeness (QED) is 0.825. The highest BCUT2D eigenvalue weighted by molar-refractivity contribution is 14.1. The van der Waals surface area contributed by atoms with Gasteiger partial charge in [0.2, 0.25) is 0 Å². The van der Waals surface area contributed by atoms with Gasteiger partial charge in [-0.15, -0.1) is 0 Å². The molecule has 2 aromatic carbocycles. The Morgan fingerprint density at radius 3 is 2.21 bits per heavy atom. The van der Waals surface area contributed by atoms with Crippen LogP contribution in [0, 0.1) is 9.39 Å². The minimum atomic E-state index is -1.06. The molecule has 1 amide bonds. The first kappa shape index (κ1) is 13.8. The average molecular weight is 371 g/mol.